The fraction of sp³-hybridized carbons (Fsp3) is 0.571. The molecular weight excluding hydrogens is 166 g/mol. The minimum atomic E-state index is -0.787. The highest BCUT2D eigenvalue weighted by Crippen LogP contribution is 1.91. The van der Waals surface area contributed by atoms with Gasteiger partial charge in [-0.15, -0.1) is 0 Å². The van der Waals surface area contributed by atoms with Crippen LogP contribution in [0, 0.1) is 0 Å². The molecule has 0 atom stereocenters. The first-order valence-electron chi connectivity index (χ1n) is 3.35. The number of hydrogen-bond acceptors (Lipinski definition) is 2. The predicted molar refractivity (Wildman–Crippen MR) is 44.7 cm³/mol. The summed E-state index contributed by atoms with van der Waals surface area (Å²) in [4.78, 5) is 10.0. The molecule has 0 aliphatic carbocycles. The van der Waals surface area contributed by atoms with Crippen LogP contribution in [-0.2, 0) is 4.79 Å². The van der Waals surface area contributed by atoms with Crippen LogP contribution in [0.1, 0.15) is 13.3 Å². The Labute approximate surface area is 71.0 Å². The Kier molecular flexibility index (Phi) is 5.88. The van der Waals surface area contributed by atoms with Crippen LogP contribution >= 0.6 is 11.6 Å². The van der Waals surface area contributed by atoms with Crippen molar-refractivity contribution < 1.29 is 9.90 Å². The van der Waals surface area contributed by atoms with Crippen molar-refractivity contribution in [2.45, 2.75) is 13.3 Å². The van der Waals surface area contributed by atoms with Crippen LogP contribution in [0.25, 0.3) is 0 Å². The zero-order chi connectivity index (χ0) is 8.69. The second-order valence-electron chi connectivity index (χ2n) is 2.28. The molecule has 0 radical (unpaired) electrons. The Balaban J connectivity index is 3.21. The van der Waals surface area contributed by atoms with Crippen molar-refractivity contribution in [3.05, 3.63) is 11.1 Å². The van der Waals surface area contributed by atoms with E-state index in [0.717, 1.165) is 5.57 Å². The van der Waals surface area contributed by atoms with E-state index in [2.05, 4.69) is 5.32 Å². The highest BCUT2D eigenvalue weighted by Gasteiger charge is 1.94. The normalized spacial score (nSPS) is 11.6. The van der Waals surface area contributed by atoms with Crippen molar-refractivity contribution in [2.75, 3.05) is 13.1 Å². The van der Waals surface area contributed by atoms with Gasteiger partial charge in [-0.3, -0.25) is 4.79 Å². The van der Waals surface area contributed by atoms with E-state index in [9.17, 15) is 4.79 Å². The largest absolute Gasteiger partial charge is 0.481 e. The summed E-state index contributed by atoms with van der Waals surface area (Å²) in [6, 6.07) is 0. The molecule has 2 N–H and O–H groups in total. The average Bonchev–Trinajstić information content (AvgIpc) is 1.97. The molecule has 0 spiro atoms. The molecule has 0 fully saturated rings. The van der Waals surface area contributed by atoms with Gasteiger partial charge in [0.2, 0.25) is 0 Å². The van der Waals surface area contributed by atoms with Crippen LogP contribution in [0.3, 0.4) is 0 Å². The van der Waals surface area contributed by atoms with Gasteiger partial charge in [0.15, 0.2) is 0 Å². The topological polar surface area (TPSA) is 49.3 Å². The number of nitrogens with one attached hydrogen (secondary N) is 1. The Morgan fingerprint density at radius 2 is 2.36 bits per heavy atom. The molecule has 0 bridgehead atoms. The van der Waals surface area contributed by atoms with Crippen LogP contribution < -0.4 is 5.32 Å². The van der Waals surface area contributed by atoms with Crippen molar-refractivity contribution in [3.63, 3.8) is 0 Å². The zero-order valence-electron chi connectivity index (χ0n) is 6.43. The number of hydrogen-bond donors (Lipinski definition) is 2. The Bertz CT molecular complexity index is 157. The molecule has 0 unspecified atom stereocenters. The summed E-state index contributed by atoms with van der Waals surface area (Å²) in [7, 11) is 0. The Morgan fingerprint density at radius 3 is 2.82 bits per heavy atom. The standard InChI is InChI=1S/C7H12ClNO2/c1-6(4-8)5-9-3-2-7(10)11/h4,9H,2-3,5H2,1H3,(H,10,11). The molecule has 0 aliphatic rings. The van der Waals surface area contributed by atoms with Crippen molar-refractivity contribution in [2.24, 2.45) is 0 Å². The number of carboxylic acid groups (broad SMARTS) is 1. The molecule has 0 aliphatic heterocycles. The van der Waals surface area contributed by atoms with Gasteiger partial charge in [0.1, 0.15) is 0 Å². The van der Waals surface area contributed by atoms with E-state index >= 15 is 0 Å². The summed E-state index contributed by atoms with van der Waals surface area (Å²) in [5.41, 5.74) is 2.48. The van der Waals surface area contributed by atoms with E-state index in [4.69, 9.17) is 16.7 Å². The fourth-order valence-electron chi connectivity index (χ4n) is 0.519. The van der Waals surface area contributed by atoms with Crippen LogP contribution in [0.4, 0.5) is 0 Å². The highest BCUT2D eigenvalue weighted by molar-refractivity contribution is 6.25. The molecule has 4 heteroatoms. The summed E-state index contributed by atoms with van der Waals surface area (Å²) >= 11 is 5.38. The predicted octanol–water partition coefficient (Wildman–Crippen LogP) is 1.19. The molecule has 0 aromatic heterocycles. The van der Waals surface area contributed by atoms with E-state index < -0.39 is 5.97 Å². The second kappa shape index (κ2) is 6.19. The molecule has 0 heterocycles. The Morgan fingerprint density at radius 1 is 1.73 bits per heavy atom. The fourth-order valence-corrected chi connectivity index (χ4v) is 0.597. The van der Waals surface area contributed by atoms with Gasteiger partial charge in [0, 0.05) is 18.6 Å². The number of rotatable bonds is 5. The van der Waals surface area contributed by atoms with Crippen molar-refractivity contribution in [1.29, 1.82) is 0 Å². The van der Waals surface area contributed by atoms with E-state index in [1.807, 2.05) is 6.92 Å². The van der Waals surface area contributed by atoms with Gasteiger partial charge in [-0.05, 0) is 12.5 Å². The first kappa shape index (κ1) is 10.5. The van der Waals surface area contributed by atoms with E-state index in [0.29, 0.717) is 13.1 Å². The lowest BCUT2D eigenvalue weighted by molar-refractivity contribution is -0.136. The second-order valence-corrected chi connectivity index (χ2v) is 2.49. The first-order valence-corrected chi connectivity index (χ1v) is 3.79. The van der Waals surface area contributed by atoms with Gasteiger partial charge in [-0.25, -0.2) is 0 Å². The summed E-state index contributed by atoms with van der Waals surface area (Å²) in [5, 5.41) is 11.2. The van der Waals surface area contributed by atoms with Crippen LogP contribution in [0.15, 0.2) is 11.1 Å². The van der Waals surface area contributed by atoms with E-state index in [1.54, 1.807) is 0 Å². The third-order valence-corrected chi connectivity index (χ3v) is 1.48. The third-order valence-electron chi connectivity index (χ3n) is 1.11. The minimum absolute atomic E-state index is 0.148. The molecule has 0 aromatic rings. The first-order chi connectivity index (χ1) is 5.16. The minimum Gasteiger partial charge on any atom is -0.481 e. The lowest BCUT2D eigenvalue weighted by Crippen LogP contribution is -2.19. The quantitative estimate of drug-likeness (QED) is 0.621. The number of halogens is 1. The van der Waals surface area contributed by atoms with Gasteiger partial charge in [-0.1, -0.05) is 11.6 Å². The number of aliphatic carboxylic acids is 1. The van der Waals surface area contributed by atoms with Gasteiger partial charge in [0.25, 0.3) is 0 Å². The van der Waals surface area contributed by atoms with Gasteiger partial charge < -0.3 is 10.4 Å². The number of carboxylic acids is 1. The molecule has 0 aromatic carbocycles. The van der Waals surface area contributed by atoms with E-state index in [1.165, 1.54) is 5.54 Å². The molecule has 0 rings (SSSR count). The maximum absolute atomic E-state index is 10.0. The van der Waals surface area contributed by atoms with Gasteiger partial charge >= 0.3 is 5.97 Å². The van der Waals surface area contributed by atoms with Crippen molar-refractivity contribution in [1.82, 2.24) is 5.32 Å². The lowest BCUT2D eigenvalue weighted by Gasteiger charge is -2.00. The smallest absolute Gasteiger partial charge is 0.304 e. The molecular formula is C7H12ClNO2. The third kappa shape index (κ3) is 7.36. The lowest BCUT2D eigenvalue weighted by atomic mass is 10.3. The van der Waals surface area contributed by atoms with Crippen molar-refractivity contribution in [3.8, 4) is 0 Å². The number of carbonyl (C=O) groups is 1. The SMILES string of the molecule is CC(=CCl)CNCCC(=O)O. The Hall–Kier alpha value is -0.540. The summed E-state index contributed by atoms with van der Waals surface area (Å²) in [5.74, 6) is -0.787. The summed E-state index contributed by atoms with van der Waals surface area (Å²) < 4.78 is 0. The van der Waals surface area contributed by atoms with Crippen molar-refractivity contribution >= 4 is 17.6 Å². The highest BCUT2D eigenvalue weighted by atomic mass is 35.5. The molecule has 0 amide bonds. The van der Waals surface area contributed by atoms with Crippen LogP contribution in [-0.4, -0.2) is 24.2 Å². The maximum Gasteiger partial charge on any atom is 0.304 e. The summed E-state index contributed by atoms with van der Waals surface area (Å²) in [6.07, 6.45) is 0.148. The monoisotopic (exact) mass is 177 g/mol. The maximum atomic E-state index is 10.0. The average molecular weight is 178 g/mol. The molecule has 64 valence electrons. The zero-order valence-corrected chi connectivity index (χ0v) is 7.19. The molecule has 0 saturated carbocycles. The van der Waals surface area contributed by atoms with Gasteiger partial charge in [-0.2, -0.15) is 0 Å². The van der Waals surface area contributed by atoms with Crippen LogP contribution in [0.2, 0.25) is 0 Å². The molecule has 0 saturated heterocycles. The van der Waals surface area contributed by atoms with E-state index in [-0.39, 0.29) is 6.42 Å². The molecule has 3 nitrogen and oxygen atoms in total. The molecule has 11 heavy (non-hydrogen) atoms. The summed E-state index contributed by atoms with van der Waals surface area (Å²) in [6.45, 7) is 3.01. The van der Waals surface area contributed by atoms with Gasteiger partial charge in [0.05, 0.1) is 6.42 Å². The van der Waals surface area contributed by atoms with Crippen LogP contribution in [0.5, 0.6) is 0 Å².